The van der Waals surface area contributed by atoms with E-state index in [0.717, 1.165) is 18.8 Å². The number of aryl methyl sites for hydroxylation is 1. The van der Waals surface area contributed by atoms with Crippen LogP contribution in [-0.2, 0) is 17.8 Å². The van der Waals surface area contributed by atoms with Crippen LogP contribution in [0.3, 0.4) is 0 Å². The minimum absolute atomic E-state index is 0.567. The van der Waals surface area contributed by atoms with E-state index in [1.165, 1.54) is 27.5 Å². The van der Waals surface area contributed by atoms with E-state index < -0.39 is 0 Å². The molecule has 0 unspecified atom stereocenters. The number of hydrogen-bond acceptors (Lipinski definition) is 3. The van der Waals surface area contributed by atoms with Crippen molar-refractivity contribution in [2.75, 3.05) is 19.8 Å². The summed E-state index contributed by atoms with van der Waals surface area (Å²) in [5.41, 5.74) is 3.77. The van der Waals surface area contributed by atoms with Crippen LogP contribution in [-0.4, -0.2) is 19.8 Å². The van der Waals surface area contributed by atoms with Gasteiger partial charge >= 0.3 is 0 Å². The summed E-state index contributed by atoms with van der Waals surface area (Å²) in [5, 5.41) is 6.03. The molecule has 0 aliphatic rings. The summed E-state index contributed by atoms with van der Waals surface area (Å²) in [4.78, 5) is 0. The molecule has 3 aromatic rings. The van der Waals surface area contributed by atoms with Crippen LogP contribution in [0.2, 0.25) is 0 Å². The van der Waals surface area contributed by atoms with Gasteiger partial charge in [-0.1, -0.05) is 60.2 Å². The van der Waals surface area contributed by atoms with Crippen molar-refractivity contribution in [1.82, 2.24) is 5.32 Å². The minimum atomic E-state index is 0.567. The molecule has 3 rings (SSSR count). The molecule has 0 saturated heterocycles. The Labute approximate surface area is 156 Å². The molecular weight excluding hydrogens is 322 g/mol. The molecule has 0 atom stereocenters. The Morgan fingerprint density at radius 1 is 0.846 bits per heavy atom. The van der Waals surface area contributed by atoms with Crippen molar-refractivity contribution < 1.29 is 9.47 Å². The van der Waals surface area contributed by atoms with Gasteiger partial charge in [-0.15, -0.1) is 0 Å². The number of ether oxygens (including phenoxy) is 2. The summed E-state index contributed by atoms with van der Waals surface area (Å²) in [7, 11) is 0. The Bertz CT molecular complexity index is 827. The molecule has 0 spiro atoms. The third kappa shape index (κ3) is 4.84. The number of benzene rings is 3. The SMILES string of the molecule is CCOCCOc1ccc2ccccc2c1CNCc1ccc(C)cc1. The first-order valence-electron chi connectivity index (χ1n) is 9.25. The lowest BCUT2D eigenvalue weighted by atomic mass is 10.0. The first-order valence-corrected chi connectivity index (χ1v) is 9.25. The van der Waals surface area contributed by atoms with Gasteiger partial charge < -0.3 is 14.8 Å². The van der Waals surface area contributed by atoms with E-state index in [1.807, 2.05) is 6.92 Å². The summed E-state index contributed by atoms with van der Waals surface area (Å²) >= 11 is 0. The second-order valence-corrected chi connectivity index (χ2v) is 6.40. The van der Waals surface area contributed by atoms with E-state index in [0.29, 0.717) is 19.8 Å². The van der Waals surface area contributed by atoms with E-state index in [9.17, 15) is 0 Å². The lowest BCUT2D eigenvalue weighted by molar-refractivity contribution is 0.110. The van der Waals surface area contributed by atoms with Crippen LogP contribution in [0.5, 0.6) is 5.75 Å². The molecule has 0 aliphatic carbocycles. The molecule has 0 fully saturated rings. The molecule has 3 heteroatoms. The quantitative estimate of drug-likeness (QED) is 0.560. The molecule has 0 bridgehead atoms. The first kappa shape index (κ1) is 18.4. The number of fused-ring (bicyclic) bond motifs is 1. The molecule has 3 nitrogen and oxygen atoms in total. The smallest absolute Gasteiger partial charge is 0.124 e. The van der Waals surface area contributed by atoms with Crippen LogP contribution < -0.4 is 10.1 Å². The molecule has 1 N–H and O–H groups in total. The van der Waals surface area contributed by atoms with Crippen molar-refractivity contribution in [3.63, 3.8) is 0 Å². The molecule has 0 aliphatic heterocycles. The van der Waals surface area contributed by atoms with E-state index in [2.05, 4.69) is 72.9 Å². The molecule has 3 aromatic carbocycles. The van der Waals surface area contributed by atoms with Gasteiger partial charge in [-0.3, -0.25) is 0 Å². The number of hydrogen-bond donors (Lipinski definition) is 1. The van der Waals surface area contributed by atoms with Crippen LogP contribution in [0.1, 0.15) is 23.6 Å². The molecule has 0 heterocycles. The van der Waals surface area contributed by atoms with Gasteiger partial charge in [-0.05, 0) is 36.2 Å². The van der Waals surface area contributed by atoms with Crippen molar-refractivity contribution in [2.45, 2.75) is 26.9 Å². The second-order valence-electron chi connectivity index (χ2n) is 6.40. The van der Waals surface area contributed by atoms with Crippen LogP contribution in [0.4, 0.5) is 0 Å². The van der Waals surface area contributed by atoms with Gasteiger partial charge in [-0.2, -0.15) is 0 Å². The highest BCUT2D eigenvalue weighted by atomic mass is 16.5. The topological polar surface area (TPSA) is 30.5 Å². The maximum atomic E-state index is 6.00. The third-order valence-corrected chi connectivity index (χ3v) is 4.44. The Kier molecular flexibility index (Phi) is 6.64. The molecule has 26 heavy (non-hydrogen) atoms. The molecule has 0 radical (unpaired) electrons. The molecule has 136 valence electrons. The largest absolute Gasteiger partial charge is 0.491 e. The van der Waals surface area contributed by atoms with Gasteiger partial charge in [0.2, 0.25) is 0 Å². The summed E-state index contributed by atoms with van der Waals surface area (Å²) in [6.07, 6.45) is 0. The van der Waals surface area contributed by atoms with E-state index in [1.54, 1.807) is 0 Å². The van der Waals surface area contributed by atoms with Crippen molar-refractivity contribution in [1.29, 1.82) is 0 Å². The van der Waals surface area contributed by atoms with Gasteiger partial charge in [-0.25, -0.2) is 0 Å². The highest BCUT2D eigenvalue weighted by Gasteiger charge is 2.09. The fraction of sp³-hybridized carbons (Fsp3) is 0.304. The molecule has 0 aromatic heterocycles. The number of rotatable bonds is 9. The normalized spacial score (nSPS) is 11.0. The Balaban J connectivity index is 1.73. The van der Waals surface area contributed by atoms with Crippen molar-refractivity contribution in [3.05, 3.63) is 77.4 Å². The fourth-order valence-corrected chi connectivity index (χ4v) is 3.03. The Hall–Kier alpha value is -2.36. The van der Waals surface area contributed by atoms with Gasteiger partial charge in [0.25, 0.3) is 0 Å². The fourth-order valence-electron chi connectivity index (χ4n) is 3.03. The van der Waals surface area contributed by atoms with E-state index in [-0.39, 0.29) is 0 Å². The lowest BCUT2D eigenvalue weighted by Crippen LogP contribution is -2.15. The zero-order valence-corrected chi connectivity index (χ0v) is 15.6. The lowest BCUT2D eigenvalue weighted by Gasteiger charge is -2.15. The van der Waals surface area contributed by atoms with Crippen molar-refractivity contribution in [3.8, 4) is 5.75 Å². The van der Waals surface area contributed by atoms with Gasteiger partial charge in [0.05, 0.1) is 6.61 Å². The van der Waals surface area contributed by atoms with Crippen LogP contribution >= 0.6 is 0 Å². The van der Waals surface area contributed by atoms with Crippen LogP contribution in [0.25, 0.3) is 10.8 Å². The average molecular weight is 349 g/mol. The summed E-state index contributed by atoms with van der Waals surface area (Å²) in [6.45, 7) is 7.60. The zero-order valence-electron chi connectivity index (χ0n) is 15.6. The minimum Gasteiger partial charge on any atom is -0.491 e. The average Bonchev–Trinajstić information content (AvgIpc) is 2.67. The van der Waals surface area contributed by atoms with Gasteiger partial charge in [0, 0.05) is 25.3 Å². The Morgan fingerprint density at radius 3 is 2.46 bits per heavy atom. The van der Waals surface area contributed by atoms with E-state index in [4.69, 9.17) is 9.47 Å². The standard InChI is InChI=1S/C23H27NO2/c1-3-25-14-15-26-23-13-12-20-6-4-5-7-21(20)22(23)17-24-16-19-10-8-18(2)9-11-19/h4-13,24H,3,14-17H2,1-2H3. The van der Waals surface area contributed by atoms with Gasteiger partial charge in [0.15, 0.2) is 0 Å². The van der Waals surface area contributed by atoms with Gasteiger partial charge in [0.1, 0.15) is 12.4 Å². The predicted molar refractivity (Wildman–Crippen MR) is 108 cm³/mol. The van der Waals surface area contributed by atoms with Crippen LogP contribution in [0.15, 0.2) is 60.7 Å². The zero-order chi connectivity index (χ0) is 18.2. The van der Waals surface area contributed by atoms with Crippen molar-refractivity contribution >= 4 is 10.8 Å². The Morgan fingerprint density at radius 2 is 1.65 bits per heavy atom. The maximum Gasteiger partial charge on any atom is 0.124 e. The second kappa shape index (κ2) is 9.37. The molecule has 0 amide bonds. The van der Waals surface area contributed by atoms with Crippen molar-refractivity contribution in [2.24, 2.45) is 0 Å². The van der Waals surface area contributed by atoms with E-state index >= 15 is 0 Å². The highest BCUT2D eigenvalue weighted by molar-refractivity contribution is 5.87. The third-order valence-electron chi connectivity index (χ3n) is 4.44. The first-order chi connectivity index (χ1) is 12.8. The highest BCUT2D eigenvalue weighted by Crippen LogP contribution is 2.28. The maximum absolute atomic E-state index is 6.00. The number of nitrogens with one attached hydrogen (secondary N) is 1. The molecule has 0 saturated carbocycles. The monoisotopic (exact) mass is 349 g/mol. The summed E-state index contributed by atoms with van der Waals surface area (Å²) < 4.78 is 11.4. The molecular formula is C23H27NO2. The summed E-state index contributed by atoms with van der Waals surface area (Å²) in [6, 6.07) is 21.3. The predicted octanol–water partition coefficient (Wildman–Crippen LogP) is 4.85. The van der Waals surface area contributed by atoms with Crippen LogP contribution in [0, 0.1) is 6.92 Å². The summed E-state index contributed by atoms with van der Waals surface area (Å²) in [5.74, 6) is 0.930.